The van der Waals surface area contributed by atoms with Crippen molar-refractivity contribution in [3.05, 3.63) is 39.5 Å². The molecule has 3 nitrogen and oxygen atoms in total. The highest BCUT2D eigenvalue weighted by molar-refractivity contribution is 14.1. The van der Waals surface area contributed by atoms with E-state index in [1.807, 2.05) is 32.1 Å². The fourth-order valence-electron chi connectivity index (χ4n) is 2.51. The Labute approximate surface area is 135 Å². The van der Waals surface area contributed by atoms with Gasteiger partial charge in [0.05, 0.1) is 10.9 Å². The lowest BCUT2D eigenvalue weighted by Gasteiger charge is -2.34. The van der Waals surface area contributed by atoms with Gasteiger partial charge >= 0.3 is 0 Å². The molecule has 1 heterocycles. The van der Waals surface area contributed by atoms with Gasteiger partial charge in [-0.1, -0.05) is 30.2 Å². The molecular formula is C15H20INO2S. The lowest BCUT2D eigenvalue weighted by Crippen LogP contribution is -2.43. The minimum atomic E-state index is -3.40. The van der Waals surface area contributed by atoms with Gasteiger partial charge in [-0.05, 0) is 61.4 Å². The van der Waals surface area contributed by atoms with Gasteiger partial charge in [0.1, 0.15) is 0 Å². The Morgan fingerprint density at radius 3 is 2.55 bits per heavy atom. The van der Waals surface area contributed by atoms with Crippen LogP contribution in [0.2, 0.25) is 0 Å². The van der Waals surface area contributed by atoms with E-state index in [4.69, 9.17) is 0 Å². The summed E-state index contributed by atoms with van der Waals surface area (Å²) in [5, 5.41) is 0. The highest BCUT2D eigenvalue weighted by Gasteiger charge is 2.34. The molecule has 0 radical (unpaired) electrons. The molecule has 1 unspecified atom stereocenters. The predicted octanol–water partition coefficient (Wildman–Crippen LogP) is 3.88. The van der Waals surface area contributed by atoms with Crippen molar-refractivity contribution in [3.63, 3.8) is 0 Å². The van der Waals surface area contributed by atoms with E-state index >= 15 is 0 Å². The van der Waals surface area contributed by atoms with Crippen LogP contribution in [0.4, 0.5) is 0 Å². The van der Waals surface area contributed by atoms with Gasteiger partial charge in [-0.15, -0.1) is 0 Å². The highest BCUT2D eigenvalue weighted by atomic mass is 127. The minimum absolute atomic E-state index is 0.000605. The summed E-state index contributed by atoms with van der Waals surface area (Å²) in [6.45, 7) is 4.54. The SMILES string of the molecule is C/C=C(\I)C1CCCCN1S(=O)(=O)c1ccc(C)cc1. The molecule has 0 N–H and O–H groups in total. The lowest BCUT2D eigenvalue weighted by atomic mass is 10.0. The Morgan fingerprint density at radius 1 is 1.30 bits per heavy atom. The monoisotopic (exact) mass is 405 g/mol. The molecule has 2 rings (SSSR count). The Bertz CT molecular complexity index is 593. The van der Waals surface area contributed by atoms with E-state index in [1.165, 1.54) is 0 Å². The molecule has 1 aliphatic heterocycles. The molecule has 0 amide bonds. The Kier molecular flexibility index (Phi) is 5.25. The van der Waals surface area contributed by atoms with Gasteiger partial charge in [0.25, 0.3) is 0 Å². The summed E-state index contributed by atoms with van der Waals surface area (Å²) in [5.74, 6) is 0. The van der Waals surface area contributed by atoms with Crippen LogP contribution in [0.15, 0.2) is 38.8 Å². The smallest absolute Gasteiger partial charge is 0.207 e. The summed E-state index contributed by atoms with van der Waals surface area (Å²) >= 11 is 2.26. The number of benzene rings is 1. The number of allylic oxidation sites excluding steroid dienone is 1. The Hall–Kier alpha value is -0.400. The fourth-order valence-corrected chi connectivity index (χ4v) is 5.02. The van der Waals surface area contributed by atoms with Crippen LogP contribution in [-0.2, 0) is 10.0 Å². The summed E-state index contributed by atoms with van der Waals surface area (Å²) < 4.78 is 28.4. The van der Waals surface area contributed by atoms with Gasteiger partial charge in [0.15, 0.2) is 0 Å². The summed E-state index contributed by atoms with van der Waals surface area (Å²) in [4.78, 5) is 0.398. The van der Waals surface area contributed by atoms with Crippen LogP contribution in [0.5, 0.6) is 0 Å². The van der Waals surface area contributed by atoms with E-state index in [1.54, 1.807) is 16.4 Å². The van der Waals surface area contributed by atoms with Crippen molar-refractivity contribution in [1.29, 1.82) is 0 Å². The van der Waals surface area contributed by atoms with Crippen LogP contribution in [0.1, 0.15) is 31.7 Å². The molecule has 1 aromatic rings. The number of nitrogens with zero attached hydrogens (tertiary/aromatic N) is 1. The van der Waals surface area contributed by atoms with Crippen molar-refractivity contribution in [2.45, 2.75) is 44.0 Å². The van der Waals surface area contributed by atoms with Gasteiger partial charge in [-0.3, -0.25) is 0 Å². The average molecular weight is 405 g/mol. The van der Waals surface area contributed by atoms with Gasteiger partial charge in [-0.2, -0.15) is 4.31 Å². The van der Waals surface area contributed by atoms with Crippen molar-refractivity contribution in [2.75, 3.05) is 6.54 Å². The van der Waals surface area contributed by atoms with E-state index in [0.717, 1.165) is 28.4 Å². The molecule has 1 atom stereocenters. The highest BCUT2D eigenvalue weighted by Crippen LogP contribution is 2.31. The summed E-state index contributed by atoms with van der Waals surface area (Å²) in [6.07, 6.45) is 4.95. The van der Waals surface area contributed by atoms with Gasteiger partial charge < -0.3 is 0 Å². The lowest BCUT2D eigenvalue weighted by molar-refractivity contribution is 0.290. The largest absolute Gasteiger partial charge is 0.243 e. The summed E-state index contributed by atoms with van der Waals surface area (Å²) in [6, 6.07) is 7.12. The summed E-state index contributed by atoms with van der Waals surface area (Å²) in [7, 11) is -3.40. The molecule has 1 fully saturated rings. The van der Waals surface area contributed by atoms with Crippen molar-refractivity contribution >= 4 is 32.6 Å². The minimum Gasteiger partial charge on any atom is -0.207 e. The van der Waals surface area contributed by atoms with Crippen molar-refractivity contribution in [3.8, 4) is 0 Å². The number of halogens is 1. The van der Waals surface area contributed by atoms with E-state index in [2.05, 4.69) is 22.6 Å². The number of aryl methyl sites for hydroxylation is 1. The third-order valence-electron chi connectivity index (χ3n) is 3.68. The first-order valence-electron chi connectivity index (χ1n) is 6.87. The van der Waals surface area contributed by atoms with Crippen molar-refractivity contribution in [1.82, 2.24) is 4.31 Å². The molecule has 20 heavy (non-hydrogen) atoms. The maximum atomic E-state index is 12.8. The number of sulfonamides is 1. The second-order valence-corrected chi connectivity index (χ2v) is 8.25. The molecule has 5 heteroatoms. The van der Waals surface area contributed by atoms with Crippen LogP contribution in [0, 0.1) is 6.92 Å². The molecule has 0 spiro atoms. The number of rotatable bonds is 3. The van der Waals surface area contributed by atoms with Crippen LogP contribution >= 0.6 is 22.6 Å². The number of piperidine rings is 1. The second kappa shape index (κ2) is 6.58. The third kappa shape index (κ3) is 3.26. The van der Waals surface area contributed by atoms with E-state index in [0.29, 0.717) is 11.4 Å². The molecular weight excluding hydrogens is 385 g/mol. The van der Waals surface area contributed by atoms with Crippen LogP contribution in [-0.4, -0.2) is 25.3 Å². The van der Waals surface area contributed by atoms with E-state index < -0.39 is 10.0 Å². The first-order valence-corrected chi connectivity index (χ1v) is 9.39. The van der Waals surface area contributed by atoms with Crippen LogP contribution < -0.4 is 0 Å². The van der Waals surface area contributed by atoms with Gasteiger partial charge in [-0.25, -0.2) is 8.42 Å². The molecule has 0 bridgehead atoms. The van der Waals surface area contributed by atoms with Gasteiger partial charge in [0, 0.05) is 10.1 Å². The quantitative estimate of drug-likeness (QED) is 0.716. The average Bonchev–Trinajstić information content (AvgIpc) is 2.47. The molecule has 110 valence electrons. The van der Waals surface area contributed by atoms with Crippen molar-refractivity contribution in [2.24, 2.45) is 0 Å². The fraction of sp³-hybridized carbons (Fsp3) is 0.467. The maximum absolute atomic E-state index is 12.8. The Balaban J connectivity index is 2.38. The second-order valence-electron chi connectivity index (χ2n) is 5.11. The molecule has 0 saturated carbocycles. The number of hydrogen-bond donors (Lipinski definition) is 0. The standard InChI is InChI=1S/C15H20INO2S/c1-3-14(16)15-6-4-5-11-17(15)20(18,19)13-9-7-12(2)8-10-13/h3,7-10,15H,4-6,11H2,1-2H3/b14-3-. The molecule has 1 aromatic carbocycles. The summed E-state index contributed by atoms with van der Waals surface area (Å²) in [5.41, 5.74) is 1.07. The maximum Gasteiger partial charge on any atom is 0.243 e. The van der Waals surface area contributed by atoms with E-state index in [9.17, 15) is 8.42 Å². The molecule has 1 aliphatic rings. The zero-order chi connectivity index (χ0) is 14.8. The number of hydrogen-bond acceptors (Lipinski definition) is 2. The zero-order valence-electron chi connectivity index (χ0n) is 11.8. The van der Waals surface area contributed by atoms with E-state index in [-0.39, 0.29) is 6.04 Å². The molecule has 0 aliphatic carbocycles. The zero-order valence-corrected chi connectivity index (χ0v) is 14.8. The normalized spacial score (nSPS) is 21.9. The topological polar surface area (TPSA) is 37.4 Å². The van der Waals surface area contributed by atoms with Gasteiger partial charge in [0.2, 0.25) is 10.0 Å². The first kappa shape index (κ1) is 16.0. The van der Waals surface area contributed by atoms with Crippen LogP contribution in [0.25, 0.3) is 0 Å². The Morgan fingerprint density at radius 2 is 1.95 bits per heavy atom. The predicted molar refractivity (Wildman–Crippen MR) is 90.5 cm³/mol. The third-order valence-corrected chi connectivity index (χ3v) is 6.94. The van der Waals surface area contributed by atoms with Crippen molar-refractivity contribution < 1.29 is 8.42 Å². The molecule has 1 saturated heterocycles. The first-order chi connectivity index (χ1) is 9.46. The molecule has 0 aromatic heterocycles. The van der Waals surface area contributed by atoms with Crippen LogP contribution in [0.3, 0.4) is 0 Å².